The average Bonchev–Trinajstić information content (AvgIpc) is 3.54. The van der Waals surface area contributed by atoms with Crippen molar-refractivity contribution >= 4 is 17.4 Å². The number of imidazole rings is 1. The van der Waals surface area contributed by atoms with Gasteiger partial charge in [0.15, 0.2) is 0 Å². The van der Waals surface area contributed by atoms with Crippen LogP contribution in [0.15, 0.2) is 36.7 Å². The number of amides is 1. The molecule has 0 radical (unpaired) electrons. The summed E-state index contributed by atoms with van der Waals surface area (Å²) in [4.78, 5) is 21.6. The van der Waals surface area contributed by atoms with E-state index in [-0.39, 0.29) is 11.9 Å². The van der Waals surface area contributed by atoms with Gasteiger partial charge in [-0.2, -0.15) is 0 Å². The van der Waals surface area contributed by atoms with Crippen molar-refractivity contribution in [2.24, 2.45) is 0 Å². The number of nitrogens with one attached hydrogen (secondary N) is 1. The van der Waals surface area contributed by atoms with Crippen LogP contribution in [0.2, 0.25) is 0 Å². The summed E-state index contributed by atoms with van der Waals surface area (Å²) in [7, 11) is 0. The first-order valence-electron chi connectivity index (χ1n) is 10.4. The van der Waals surface area contributed by atoms with E-state index in [0.717, 1.165) is 31.4 Å². The number of ether oxygens (including phenoxy) is 2. The standard InChI is InChI=1S/C22H22F2N4O3/c23-21(24)16-2-1-3-19(25-16)27-22(29)15-11-28-12-17(13-4-5-13)26-20(28)10-18(15)31-14-6-8-30-9-7-14/h1-3,10-14,21H,4-9H2,(H,25,27,29). The summed E-state index contributed by atoms with van der Waals surface area (Å²) >= 11 is 0. The Kier molecular flexibility index (Phi) is 5.27. The second kappa shape index (κ2) is 8.22. The number of carbonyl (C=O) groups excluding carboxylic acids is 1. The zero-order chi connectivity index (χ0) is 21.4. The highest BCUT2D eigenvalue weighted by atomic mass is 19.3. The Labute approximate surface area is 177 Å². The molecule has 3 aromatic rings. The average molecular weight is 428 g/mol. The molecular formula is C22H22F2N4O3. The minimum absolute atomic E-state index is 0.0595. The first kappa shape index (κ1) is 19.9. The Morgan fingerprint density at radius 1 is 1.16 bits per heavy atom. The van der Waals surface area contributed by atoms with E-state index in [0.29, 0.717) is 36.1 Å². The first-order chi connectivity index (χ1) is 15.1. The lowest BCUT2D eigenvalue weighted by molar-refractivity contribution is 0.0253. The lowest BCUT2D eigenvalue weighted by Crippen LogP contribution is -2.27. The molecule has 3 aromatic heterocycles. The lowest BCUT2D eigenvalue weighted by Gasteiger charge is -2.24. The fourth-order valence-electron chi connectivity index (χ4n) is 3.68. The van der Waals surface area contributed by atoms with Crippen molar-refractivity contribution in [2.45, 2.75) is 44.1 Å². The van der Waals surface area contributed by atoms with Gasteiger partial charge in [-0.15, -0.1) is 0 Å². The van der Waals surface area contributed by atoms with Crippen LogP contribution in [0.3, 0.4) is 0 Å². The minimum atomic E-state index is -2.72. The zero-order valence-electron chi connectivity index (χ0n) is 16.8. The van der Waals surface area contributed by atoms with Crippen molar-refractivity contribution in [3.63, 3.8) is 0 Å². The van der Waals surface area contributed by atoms with E-state index in [2.05, 4.69) is 15.3 Å². The Morgan fingerprint density at radius 2 is 1.97 bits per heavy atom. The van der Waals surface area contributed by atoms with Gasteiger partial charge >= 0.3 is 0 Å². The largest absolute Gasteiger partial charge is 0.489 e. The molecule has 1 saturated carbocycles. The summed E-state index contributed by atoms with van der Waals surface area (Å²) in [6.07, 6.45) is 4.52. The molecule has 162 valence electrons. The third-order valence-corrected chi connectivity index (χ3v) is 5.51. The van der Waals surface area contributed by atoms with E-state index in [1.807, 2.05) is 10.6 Å². The number of halogens is 2. The third kappa shape index (κ3) is 4.36. The molecule has 31 heavy (non-hydrogen) atoms. The molecule has 0 unspecified atom stereocenters. The summed E-state index contributed by atoms with van der Waals surface area (Å²) in [6.45, 7) is 1.21. The molecule has 1 saturated heterocycles. The highest BCUT2D eigenvalue weighted by molar-refractivity contribution is 6.05. The molecule has 9 heteroatoms. The van der Waals surface area contributed by atoms with Crippen molar-refractivity contribution in [1.29, 1.82) is 0 Å². The van der Waals surface area contributed by atoms with Crippen molar-refractivity contribution in [2.75, 3.05) is 18.5 Å². The number of hydrogen-bond acceptors (Lipinski definition) is 5. The number of anilines is 1. The molecular weight excluding hydrogens is 406 g/mol. The zero-order valence-corrected chi connectivity index (χ0v) is 16.8. The maximum atomic E-state index is 13.1. The van der Waals surface area contributed by atoms with Crippen molar-refractivity contribution < 1.29 is 23.0 Å². The number of aromatic nitrogens is 3. The molecule has 2 aliphatic rings. The van der Waals surface area contributed by atoms with Crippen LogP contribution in [0, 0.1) is 0 Å². The number of hydrogen-bond donors (Lipinski definition) is 1. The van der Waals surface area contributed by atoms with Crippen molar-refractivity contribution in [3.05, 3.63) is 53.6 Å². The molecule has 1 aliphatic heterocycles. The van der Waals surface area contributed by atoms with Crippen LogP contribution in [-0.4, -0.2) is 39.6 Å². The summed E-state index contributed by atoms with van der Waals surface area (Å²) in [5, 5.41) is 2.62. The number of carbonyl (C=O) groups is 1. The van der Waals surface area contributed by atoms with E-state index < -0.39 is 18.0 Å². The van der Waals surface area contributed by atoms with Gasteiger partial charge in [0.25, 0.3) is 12.3 Å². The van der Waals surface area contributed by atoms with Crippen LogP contribution in [0.1, 0.15) is 59.8 Å². The van der Waals surface area contributed by atoms with Crippen LogP contribution in [0.4, 0.5) is 14.6 Å². The Balaban J connectivity index is 1.47. The molecule has 5 rings (SSSR count). The van der Waals surface area contributed by atoms with Gasteiger partial charge in [-0.1, -0.05) is 6.07 Å². The van der Waals surface area contributed by atoms with Crippen LogP contribution in [-0.2, 0) is 4.74 Å². The van der Waals surface area contributed by atoms with Crippen LogP contribution < -0.4 is 10.1 Å². The maximum Gasteiger partial charge on any atom is 0.280 e. The van der Waals surface area contributed by atoms with E-state index in [4.69, 9.17) is 9.47 Å². The van der Waals surface area contributed by atoms with Crippen molar-refractivity contribution in [3.8, 4) is 5.75 Å². The van der Waals surface area contributed by atoms with E-state index in [1.165, 1.54) is 18.2 Å². The van der Waals surface area contributed by atoms with E-state index in [1.54, 1.807) is 12.3 Å². The van der Waals surface area contributed by atoms with Gasteiger partial charge in [-0.05, 0) is 25.0 Å². The summed E-state index contributed by atoms with van der Waals surface area (Å²) < 4.78 is 39.3. The molecule has 4 heterocycles. The van der Waals surface area contributed by atoms with Crippen LogP contribution in [0.5, 0.6) is 5.75 Å². The summed E-state index contributed by atoms with van der Waals surface area (Å²) in [6, 6.07) is 5.89. The Hall–Kier alpha value is -3.07. The van der Waals surface area contributed by atoms with Crippen molar-refractivity contribution in [1.82, 2.24) is 14.4 Å². The fourth-order valence-corrected chi connectivity index (χ4v) is 3.68. The molecule has 0 atom stereocenters. The minimum Gasteiger partial charge on any atom is -0.489 e. The fraction of sp³-hybridized carbons (Fsp3) is 0.409. The van der Waals surface area contributed by atoms with E-state index in [9.17, 15) is 13.6 Å². The summed E-state index contributed by atoms with van der Waals surface area (Å²) in [5.41, 5.74) is 1.61. The van der Waals surface area contributed by atoms with Crippen LogP contribution in [0.25, 0.3) is 5.65 Å². The second-order valence-corrected chi connectivity index (χ2v) is 7.89. The van der Waals surface area contributed by atoms with Gasteiger partial charge in [0.1, 0.15) is 29.0 Å². The normalized spacial score (nSPS) is 17.3. The number of pyridine rings is 2. The highest BCUT2D eigenvalue weighted by Crippen LogP contribution is 2.39. The Morgan fingerprint density at radius 3 is 2.71 bits per heavy atom. The van der Waals surface area contributed by atoms with Gasteiger partial charge in [0.05, 0.1) is 24.5 Å². The van der Waals surface area contributed by atoms with Gasteiger partial charge < -0.3 is 19.2 Å². The van der Waals surface area contributed by atoms with Gasteiger partial charge in [-0.25, -0.2) is 18.7 Å². The van der Waals surface area contributed by atoms with Gasteiger partial charge in [0, 0.05) is 37.2 Å². The SMILES string of the molecule is O=C(Nc1cccc(C(F)F)n1)c1cn2cc(C3CC3)nc2cc1OC1CCOCC1. The quantitative estimate of drug-likeness (QED) is 0.632. The molecule has 0 bridgehead atoms. The molecule has 1 amide bonds. The Bertz CT molecular complexity index is 1110. The number of fused-ring (bicyclic) bond motifs is 1. The number of nitrogens with zero attached hydrogens (tertiary/aromatic N) is 3. The second-order valence-electron chi connectivity index (χ2n) is 7.89. The number of alkyl halides is 2. The number of rotatable bonds is 6. The molecule has 2 fully saturated rings. The third-order valence-electron chi connectivity index (χ3n) is 5.51. The predicted octanol–water partition coefficient (Wildman–Crippen LogP) is 4.35. The molecule has 1 aliphatic carbocycles. The molecule has 7 nitrogen and oxygen atoms in total. The van der Waals surface area contributed by atoms with Gasteiger partial charge in [0.2, 0.25) is 0 Å². The smallest absolute Gasteiger partial charge is 0.280 e. The summed E-state index contributed by atoms with van der Waals surface area (Å²) in [5.74, 6) is 0.460. The highest BCUT2D eigenvalue weighted by Gasteiger charge is 2.27. The van der Waals surface area contributed by atoms with Gasteiger partial charge in [-0.3, -0.25) is 4.79 Å². The topological polar surface area (TPSA) is 77.8 Å². The molecule has 0 aromatic carbocycles. The lowest BCUT2D eigenvalue weighted by atomic mass is 10.1. The van der Waals surface area contributed by atoms with Crippen LogP contribution >= 0.6 is 0 Å². The monoisotopic (exact) mass is 428 g/mol. The first-order valence-corrected chi connectivity index (χ1v) is 10.4. The maximum absolute atomic E-state index is 13.1. The van der Waals surface area contributed by atoms with E-state index >= 15 is 0 Å². The molecule has 0 spiro atoms. The molecule has 1 N–H and O–H groups in total. The predicted molar refractivity (Wildman–Crippen MR) is 109 cm³/mol.